The van der Waals surface area contributed by atoms with Gasteiger partial charge < -0.3 is 10.5 Å². The van der Waals surface area contributed by atoms with Gasteiger partial charge in [-0.2, -0.15) is 0 Å². The zero-order valence-electron chi connectivity index (χ0n) is 12.6. The Labute approximate surface area is 126 Å². The van der Waals surface area contributed by atoms with Crippen LogP contribution in [0.3, 0.4) is 0 Å². The molecular formula is C18H22N2O. The summed E-state index contributed by atoms with van der Waals surface area (Å²) in [6.45, 7) is 3.97. The molecule has 1 aliphatic heterocycles. The Hall–Kier alpha value is -2.00. The molecule has 0 fully saturated rings. The summed E-state index contributed by atoms with van der Waals surface area (Å²) in [6.07, 6.45) is 0. The minimum atomic E-state index is 0.335. The summed E-state index contributed by atoms with van der Waals surface area (Å²) >= 11 is 0. The molecule has 0 amide bonds. The van der Waals surface area contributed by atoms with E-state index in [-0.39, 0.29) is 0 Å². The second-order valence-corrected chi connectivity index (χ2v) is 5.83. The maximum atomic E-state index is 5.88. The number of nitrogens with zero attached hydrogens (tertiary/aromatic N) is 1. The number of anilines is 1. The lowest BCUT2D eigenvalue weighted by Gasteiger charge is -2.27. The number of ether oxygens (including phenoxy) is 1. The van der Waals surface area contributed by atoms with Gasteiger partial charge in [0.1, 0.15) is 5.75 Å². The molecule has 0 saturated carbocycles. The lowest BCUT2D eigenvalue weighted by Crippen LogP contribution is -2.28. The monoisotopic (exact) mass is 282 g/mol. The quantitative estimate of drug-likeness (QED) is 0.873. The average molecular weight is 282 g/mol. The van der Waals surface area contributed by atoms with Crippen LogP contribution in [0, 0.1) is 0 Å². The van der Waals surface area contributed by atoms with E-state index < -0.39 is 0 Å². The van der Waals surface area contributed by atoms with Crippen molar-refractivity contribution < 1.29 is 4.74 Å². The fourth-order valence-corrected chi connectivity index (χ4v) is 2.96. The Kier molecular flexibility index (Phi) is 3.84. The minimum Gasteiger partial charge on any atom is -0.493 e. The minimum absolute atomic E-state index is 0.335. The molecule has 0 saturated heterocycles. The standard InChI is InChI=1S/C18H22N2O/c1-13(14-6-5-7-16(19)10-14)20(2)11-15-12-21-18-9-4-3-8-17(15)18/h3-10,13,15H,11-12,19H2,1-2H3. The maximum Gasteiger partial charge on any atom is 0.122 e. The topological polar surface area (TPSA) is 38.5 Å². The highest BCUT2D eigenvalue weighted by Gasteiger charge is 2.26. The molecule has 0 spiro atoms. The van der Waals surface area contributed by atoms with Crippen LogP contribution in [0.2, 0.25) is 0 Å². The van der Waals surface area contributed by atoms with E-state index in [2.05, 4.69) is 49.2 Å². The van der Waals surface area contributed by atoms with Gasteiger partial charge in [0.15, 0.2) is 0 Å². The molecule has 2 atom stereocenters. The normalized spacial score (nSPS) is 18.3. The van der Waals surface area contributed by atoms with Gasteiger partial charge in [0.2, 0.25) is 0 Å². The second kappa shape index (κ2) is 5.78. The number of rotatable bonds is 4. The van der Waals surface area contributed by atoms with Crippen molar-refractivity contribution in [1.82, 2.24) is 4.90 Å². The third kappa shape index (κ3) is 2.88. The van der Waals surface area contributed by atoms with E-state index in [1.54, 1.807) is 0 Å². The molecule has 3 nitrogen and oxygen atoms in total. The first-order chi connectivity index (χ1) is 10.1. The molecule has 2 unspecified atom stereocenters. The summed E-state index contributed by atoms with van der Waals surface area (Å²) in [7, 11) is 2.16. The third-order valence-corrected chi connectivity index (χ3v) is 4.36. The molecule has 0 bridgehead atoms. The van der Waals surface area contributed by atoms with Crippen molar-refractivity contribution in [3.05, 3.63) is 59.7 Å². The van der Waals surface area contributed by atoms with Crippen molar-refractivity contribution in [2.75, 3.05) is 25.9 Å². The van der Waals surface area contributed by atoms with E-state index in [0.717, 1.165) is 24.6 Å². The zero-order valence-corrected chi connectivity index (χ0v) is 12.6. The summed E-state index contributed by atoms with van der Waals surface area (Å²) in [6, 6.07) is 16.8. The van der Waals surface area contributed by atoms with Gasteiger partial charge in [-0.3, -0.25) is 4.90 Å². The predicted molar refractivity (Wildman–Crippen MR) is 86.6 cm³/mol. The number of hydrogen-bond acceptors (Lipinski definition) is 3. The van der Waals surface area contributed by atoms with Crippen LogP contribution in [0.1, 0.15) is 30.0 Å². The van der Waals surface area contributed by atoms with Gasteiger partial charge in [-0.25, -0.2) is 0 Å². The number of benzene rings is 2. The second-order valence-electron chi connectivity index (χ2n) is 5.83. The molecule has 2 aromatic rings. The van der Waals surface area contributed by atoms with Crippen LogP contribution in [-0.2, 0) is 0 Å². The van der Waals surface area contributed by atoms with E-state index in [4.69, 9.17) is 10.5 Å². The highest BCUT2D eigenvalue weighted by Crippen LogP contribution is 2.35. The molecule has 2 aromatic carbocycles. The Morgan fingerprint density at radius 2 is 2.05 bits per heavy atom. The van der Waals surface area contributed by atoms with E-state index in [9.17, 15) is 0 Å². The first-order valence-corrected chi connectivity index (χ1v) is 7.42. The summed E-state index contributed by atoms with van der Waals surface area (Å²) in [5.74, 6) is 1.47. The van der Waals surface area contributed by atoms with Gasteiger partial charge in [0.25, 0.3) is 0 Å². The Morgan fingerprint density at radius 1 is 1.24 bits per heavy atom. The van der Waals surface area contributed by atoms with Gasteiger partial charge in [0.05, 0.1) is 6.61 Å². The first kappa shape index (κ1) is 14.0. The molecule has 1 heterocycles. The lowest BCUT2D eigenvalue weighted by molar-refractivity contribution is 0.224. The number of nitrogen functional groups attached to an aromatic ring is 1. The number of hydrogen-bond donors (Lipinski definition) is 1. The molecule has 2 N–H and O–H groups in total. The van der Waals surface area contributed by atoms with E-state index in [0.29, 0.717) is 12.0 Å². The lowest BCUT2D eigenvalue weighted by atomic mass is 9.99. The van der Waals surface area contributed by atoms with Gasteiger partial charge in [-0.05, 0) is 37.7 Å². The zero-order chi connectivity index (χ0) is 14.8. The van der Waals surface area contributed by atoms with Crippen molar-refractivity contribution in [3.63, 3.8) is 0 Å². The highest BCUT2D eigenvalue weighted by atomic mass is 16.5. The van der Waals surface area contributed by atoms with Gasteiger partial charge in [0, 0.05) is 29.8 Å². The smallest absolute Gasteiger partial charge is 0.122 e. The van der Waals surface area contributed by atoms with Crippen LogP contribution in [0.15, 0.2) is 48.5 Å². The first-order valence-electron chi connectivity index (χ1n) is 7.42. The highest BCUT2D eigenvalue weighted by molar-refractivity contribution is 5.42. The van der Waals surface area contributed by atoms with Crippen LogP contribution in [0.25, 0.3) is 0 Å². The Balaban J connectivity index is 1.71. The molecule has 3 heteroatoms. The molecule has 21 heavy (non-hydrogen) atoms. The van der Waals surface area contributed by atoms with Crippen LogP contribution < -0.4 is 10.5 Å². The fourth-order valence-electron chi connectivity index (χ4n) is 2.96. The third-order valence-electron chi connectivity index (χ3n) is 4.36. The molecule has 1 aliphatic rings. The number of nitrogens with two attached hydrogens (primary N) is 1. The van der Waals surface area contributed by atoms with Crippen LogP contribution in [0.5, 0.6) is 5.75 Å². The summed E-state index contributed by atoms with van der Waals surface area (Å²) in [5, 5.41) is 0. The average Bonchev–Trinajstić information content (AvgIpc) is 2.90. The van der Waals surface area contributed by atoms with Crippen molar-refractivity contribution in [3.8, 4) is 5.75 Å². The van der Waals surface area contributed by atoms with Crippen molar-refractivity contribution in [1.29, 1.82) is 0 Å². The molecular weight excluding hydrogens is 260 g/mol. The van der Waals surface area contributed by atoms with Gasteiger partial charge in [-0.15, -0.1) is 0 Å². The van der Waals surface area contributed by atoms with Crippen molar-refractivity contribution in [2.24, 2.45) is 0 Å². The SMILES string of the molecule is CC(c1cccc(N)c1)N(C)CC1COc2ccccc21. The molecule has 110 valence electrons. The number of likely N-dealkylation sites (N-methyl/N-ethyl adjacent to an activating group) is 1. The molecule has 0 aromatic heterocycles. The van der Waals surface area contributed by atoms with E-state index in [1.807, 2.05) is 18.2 Å². The number of para-hydroxylation sites is 1. The molecule has 3 rings (SSSR count). The molecule has 0 aliphatic carbocycles. The maximum absolute atomic E-state index is 5.88. The van der Waals surface area contributed by atoms with Crippen molar-refractivity contribution >= 4 is 5.69 Å². The fraction of sp³-hybridized carbons (Fsp3) is 0.333. The van der Waals surface area contributed by atoms with Crippen molar-refractivity contribution in [2.45, 2.75) is 18.9 Å². The predicted octanol–water partition coefficient (Wildman–Crippen LogP) is 3.44. The van der Waals surface area contributed by atoms with Crippen LogP contribution in [-0.4, -0.2) is 25.1 Å². The summed E-state index contributed by atoms with van der Waals surface area (Å²) < 4.78 is 5.77. The van der Waals surface area contributed by atoms with Crippen LogP contribution >= 0.6 is 0 Å². The van der Waals surface area contributed by atoms with Crippen LogP contribution in [0.4, 0.5) is 5.69 Å². The number of fused-ring (bicyclic) bond motifs is 1. The Bertz CT molecular complexity index is 626. The Morgan fingerprint density at radius 3 is 2.86 bits per heavy atom. The molecule has 0 radical (unpaired) electrons. The van der Waals surface area contributed by atoms with Gasteiger partial charge in [-0.1, -0.05) is 30.3 Å². The summed E-state index contributed by atoms with van der Waals surface area (Å²) in [4.78, 5) is 2.37. The largest absolute Gasteiger partial charge is 0.493 e. The summed E-state index contributed by atoms with van der Waals surface area (Å²) in [5.41, 5.74) is 9.28. The van der Waals surface area contributed by atoms with E-state index in [1.165, 1.54) is 11.1 Å². The van der Waals surface area contributed by atoms with Gasteiger partial charge >= 0.3 is 0 Å². The van der Waals surface area contributed by atoms with E-state index >= 15 is 0 Å².